The number of nitrogens with zero attached hydrogens (tertiary/aromatic N) is 1. The van der Waals surface area contributed by atoms with Gasteiger partial charge in [0.2, 0.25) is 0 Å². The maximum atomic E-state index is 5.68. The fraction of sp³-hybridized carbons (Fsp3) is 0.650. The van der Waals surface area contributed by atoms with Crippen molar-refractivity contribution in [3.63, 3.8) is 0 Å². The summed E-state index contributed by atoms with van der Waals surface area (Å²) in [5.41, 5.74) is 1.37. The van der Waals surface area contributed by atoms with Crippen LogP contribution in [0.1, 0.15) is 38.2 Å². The molecule has 0 spiro atoms. The number of aliphatic imine (C=N–C) groups is 1. The highest BCUT2D eigenvalue weighted by Gasteiger charge is 2.14. The van der Waals surface area contributed by atoms with E-state index in [4.69, 9.17) is 9.47 Å². The maximum absolute atomic E-state index is 5.68. The van der Waals surface area contributed by atoms with E-state index in [0.717, 1.165) is 71.1 Å². The van der Waals surface area contributed by atoms with Gasteiger partial charge in [0.05, 0.1) is 12.7 Å². The number of hydrogen-bond acceptors (Lipinski definition) is 3. The minimum Gasteiger partial charge on any atom is -0.379 e. The minimum atomic E-state index is 0. The van der Waals surface area contributed by atoms with E-state index in [-0.39, 0.29) is 24.0 Å². The predicted molar refractivity (Wildman–Crippen MR) is 119 cm³/mol. The van der Waals surface area contributed by atoms with Gasteiger partial charge in [-0.25, -0.2) is 0 Å². The zero-order chi connectivity index (χ0) is 17.6. The van der Waals surface area contributed by atoms with Gasteiger partial charge in [0, 0.05) is 32.8 Å². The Morgan fingerprint density at radius 1 is 1.23 bits per heavy atom. The number of ether oxygens (including phenoxy) is 2. The molecule has 1 atom stereocenters. The zero-order valence-electron chi connectivity index (χ0n) is 15.9. The molecule has 1 aromatic rings. The van der Waals surface area contributed by atoms with Crippen LogP contribution in [0.2, 0.25) is 0 Å². The van der Waals surface area contributed by atoms with Crippen LogP contribution in [0.25, 0.3) is 0 Å². The lowest BCUT2D eigenvalue weighted by atomic mass is 10.1. The van der Waals surface area contributed by atoms with Crippen molar-refractivity contribution in [2.45, 2.75) is 45.1 Å². The Morgan fingerprint density at radius 3 is 2.81 bits per heavy atom. The largest absolute Gasteiger partial charge is 0.379 e. The van der Waals surface area contributed by atoms with Crippen molar-refractivity contribution in [2.24, 2.45) is 4.99 Å². The van der Waals surface area contributed by atoms with Crippen LogP contribution in [0.5, 0.6) is 0 Å². The molecule has 1 unspecified atom stereocenters. The topological polar surface area (TPSA) is 54.9 Å². The first-order valence-corrected chi connectivity index (χ1v) is 9.64. The maximum Gasteiger partial charge on any atom is 0.191 e. The van der Waals surface area contributed by atoms with Crippen molar-refractivity contribution in [1.82, 2.24) is 10.6 Å². The highest BCUT2D eigenvalue weighted by Crippen LogP contribution is 2.11. The van der Waals surface area contributed by atoms with E-state index in [1.807, 2.05) is 0 Å². The second kappa shape index (κ2) is 15.2. The zero-order valence-corrected chi connectivity index (χ0v) is 18.2. The highest BCUT2D eigenvalue weighted by molar-refractivity contribution is 14.0. The molecule has 0 amide bonds. The van der Waals surface area contributed by atoms with Gasteiger partial charge in [0.1, 0.15) is 0 Å². The molecule has 0 saturated carbocycles. The van der Waals surface area contributed by atoms with Crippen LogP contribution < -0.4 is 10.6 Å². The molecule has 5 nitrogen and oxygen atoms in total. The number of hydrogen-bond donors (Lipinski definition) is 2. The molecule has 2 N–H and O–H groups in total. The summed E-state index contributed by atoms with van der Waals surface area (Å²) in [6, 6.07) is 10.6. The standard InChI is InChI=1S/C20H33N3O2.HI/c1-2-21-20(22-13-6-11-18-9-4-3-5-10-18)23-14-8-15-24-17-19-12-7-16-25-19;/h3-5,9-10,19H,2,6-8,11-17H2,1H3,(H2,21,22,23);1H. The average Bonchev–Trinajstić information content (AvgIpc) is 3.16. The van der Waals surface area contributed by atoms with Gasteiger partial charge in [0.15, 0.2) is 5.96 Å². The molecule has 0 aliphatic carbocycles. The van der Waals surface area contributed by atoms with E-state index in [1.165, 1.54) is 12.0 Å². The molecule has 1 heterocycles. The number of benzene rings is 1. The third-order valence-corrected chi connectivity index (χ3v) is 4.17. The second-order valence-corrected chi connectivity index (χ2v) is 6.34. The van der Waals surface area contributed by atoms with Gasteiger partial charge in [0.25, 0.3) is 0 Å². The number of nitrogens with one attached hydrogen (secondary N) is 2. The predicted octanol–water partition coefficient (Wildman–Crippen LogP) is 3.38. The van der Waals surface area contributed by atoms with E-state index in [2.05, 4.69) is 52.9 Å². The lowest BCUT2D eigenvalue weighted by Gasteiger charge is -2.12. The van der Waals surface area contributed by atoms with Gasteiger partial charge in [-0.1, -0.05) is 30.3 Å². The van der Waals surface area contributed by atoms with E-state index >= 15 is 0 Å². The summed E-state index contributed by atoms with van der Waals surface area (Å²) in [6.45, 7) is 7.05. The van der Waals surface area contributed by atoms with Crippen molar-refractivity contribution in [3.8, 4) is 0 Å². The number of aryl methyl sites for hydroxylation is 1. The fourth-order valence-corrected chi connectivity index (χ4v) is 2.83. The van der Waals surface area contributed by atoms with E-state index in [1.54, 1.807) is 0 Å². The second-order valence-electron chi connectivity index (χ2n) is 6.34. The summed E-state index contributed by atoms with van der Waals surface area (Å²) in [6.07, 6.45) is 5.73. The average molecular weight is 475 g/mol. The van der Waals surface area contributed by atoms with Crippen LogP contribution in [-0.2, 0) is 15.9 Å². The number of halogens is 1. The lowest BCUT2D eigenvalue weighted by Crippen LogP contribution is -2.38. The first-order chi connectivity index (χ1) is 12.4. The molecule has 0 aromatic heterocycles. The van der Waals surface area contributed by atoms with Gasteiger partial charge in [-0.2, -0.15) is 0 Å². The van der Waals surface area contributed by atoms with Gasteiger partial charge in [-0.3, -0.25) is 4.99 Å². The van der Waals surface area contributed by atoms with E-state index in [0.29, 0.717) is 6.10 Å². The Labute approximate surface area is 175 Å². The molecule has 26 heavy (non-hydrogen) atoms. The normalized spacial score (nSPS) is 17.0. The summed E-state index contributed by atoms with van der Waals surface area (Å²) >= 11 is 0. The molecule has 1 aromatic carbocycles. The first-order valence-electron chi connectivity index (χ1n) is 9.64. The van der Waals surface area contributed by atoms with Crippen LogP contribution in [0, 0.1) is 0 Å². The van der Waals surface area contributed by atoms with Gasteiger partial charge in [-0.05, 0) is 44.6 Å². The van der Waals surface area contributed by atoms with Crippen molar-refractivity contribution < 1.29 is 9.47 Å². The van der Waals surface area contributed by atoms with Crippen LogP contribution in [0.4, 0.5) is 0 Å². The van der Waals surface area contributed by atoms with E-state index in [9.17, 15) is 0 Å². The van der Waals surface area contributed by atoms with Crippen LogP contribution >= 0.6 is 24.0 Å². The Morgan fingerprint density at radius 2 is 2.08 bits per heavy atom. The Kier molecular flexibility index (Phi) is 13.6. The molecular formula is C20H34IN3O2. The van der Waals surface area contributed by atoms with Crippen molar-refractivity contribution in [1.29, 1.82) is 0 Å². The molecule has 0 radical (unpaired) electrons. The fourth-order valence-electron chi connectivity index (χ4n) is 2.83. The quantitative estimate of drug-likeness (QED) is 0.223. The van der Waals surface area contributed by atoms with Crippen LogP contribution in [0.15, 0.2) is 35.3 Å². The third kappa shape index (κ3) is 10.3. The molecule has 1 saturated heterocycles. The van der Waals surface area contributed by atoms with Gasteiger partial charge >= 0.3 is 0 Å². The van der Waals surface area contributed by atoms with Gasteiger partial charge in [-0.15, -0.1) is 24.0 Å². The summed E-state index contributed by atoms with van der Waals surface area (Å²) in [5.74, 6) is 0.898. The highest BCUT2D eigenvalue weighted by atomic mass is 127. The van der Waals surface area contributed by atoms with Crippen molar-refractivity contribution >= 4 is 29.9 Å². The molecule has 1 aliphatic heterocycles. The molecule has 6 heteroatoms. The molecular weight excluding hydrogens is 441 g/mol. The van der Waals surface area contributed by atoms with Crippen molar-refractivity contribution in [2.75, 3.05) is 39.5 Å². The lowest BCUT2D eigenvalue weighted by molar-refractivity contribution is 0.0168. The Bertz CT molecular complexity index is 479. The monoisotopic (exact) mass is 475 g/mol. The summed E-state index contributed by atoms with van der Waals surface area (Å²) in [7, 11) is 0. The molecule has 0 bridgehead atoms. The smallest absolute Gasteiger partial charge is 0.191 e. The molecule has 148 valence electrons. The van der Waals surface area contributed by atoms with Crippen LogP contribution in [-0.4, -0.2) is 51.5 Å². The molecule has 1 fully saturated rings. The minimum absolute atomic E-state index is 0. The van der Waals surface area contributed by atoms with Crippen LogP contribution in [0.3, 0.4) is 0 Å². The Hall–Kier alpha value is -0.860. The summed E-state index contributed by atoms with van der Waals surface area (Å²) in [4.78, 5) is 4.64. The summed E-state index contributed by atoms with van der Waals surface area (Å²) < 4.78 is 11.2. The number of guanidine groups is 1. The summed E-state index contributed by atoms with van der Waals surface area (Å²) in [5, 5.41) is 6.67. The molecule has 2 rings (SSSR count). The van der Waals surface area contributed by atoms with E-state index < -0.39 is 0 Å². The third-order valence-electron chi connectivity index (χ3n) is 4.17. The molecule has 1 aliphatic rings. The van der Waals surface area contributed by atoms with Crippen molar-refractivity contribution in [3.05, 3.63) is 35.9 Å². The number of rotatable bonds is 11. The Balaban J connectivity index is 0.00000338. The first kappa shape index (κ1) is 23.2. The SMILES string of the molecule is CCNC(=NCCCc1ccccc1)NCCCOCC1CCCO1.I. The van der Waals surface area contributed by atoms with Gasteiger partial charge < -0.3 is 20.1 Å².